The van der Waals surface area contributed by atoms with Gasteiger partial charge in [-0.05, 0) is 30.4 Å². The third-order valence-electron chi connectivity index (χ3n) is 4.77. The first-order valence-corrected chi connectivity index (χ1v) is 7.84. The van der Waals surface area contributed by atoms with Crippen molar-refractivity contribution in [3.8, 4) is 0 Å². The molecule has 1 aromatic rings. The van der Waals surface area contributed by atoms with Crippen LogP contribution in [0.2, 0.25) is 0 Å². The van der Waals surface area contributed by atoms with Gasteiger partial charge in [0.05, 0.1) is 6.61 Å². The van der Waals surface area contributed by atoms with Crippen molar-refractivity contribution in [2.75, 3.05) is 46.4 Å². The molecule has 0 amide bonds. The minimum Gasteiger partial charge on any atom is -0.384 e. The predicted octanol–water partition coefficient (Wildman–Crippen LogP) is 1.81. The molecule has 3 rings (SSSR count). The highest BCUT2D eigenvalue weighted by molar-refractivity contribution is 5.34. The first-order chi connectivity index (χ1) is 9.82. The number of methoxy groups -OCH3 is 1. The topological polar surface area (TPSA) is 24.5 Å². The Labute approximate surface area is 122 Å². The van der Waals surface area contributed by atoms with Crippen LogP contribution in [0.3, 0.4) is 0 Å². The van der Waals surface area contributed by atoms with Crippen LogP contribution in [-0.2, 0) is 16.6 Å². The first-order valence-electron chi connectivity index (χ1n) is 7.84. The largest absolute Gasteiger partial charge is 0.384 e. The zero-order valence-corrected chi connectivity index (χ0v) is 12.5. The van der Waals surface area contributed by atoms with E-state index in [1.807, 2.05) is 7.11 Å². The maximum atomic E-state index is 5.37. The molecule has 3 nitrogen and oxygen atoms in total. The average Bonchev–Trinajstić information content (AvgIpc) is 3.28. The zero-order valence-electron chi connectivity index (χ0n) is 12.5. The molecule has 20 heavy (non-hydrogen) atoms. The third kappa shape index (κ3) is 3.22. The molecule has 2 fully saturated rings. The van der Waals surface area contributed by atoms with Crippen LogP contribution in [0.15, 0.2) is 24.3 Å². The van der Waals surface area contributed by atoms with Crippen molar-refractivity contribution in [2.45, 2.75) is 24.7 Å². The Kier molecular flexibility index (Phi) is 4.39. The van der Waals surface area contributed by atoms with E-state index >= 15 is 0 Å². The molecular weight excluding hydrogens is 248 g/mol. The molecule has 3 heteroatoms. The van der Waals surface area contributed by atoms with E-state index in [0.29, 0.717) is 5.41 Å². The Bertz CT molecular complexity index is 419. The minimum absolute atomic E-state index is 0.339. The van der Waals surface area contributed by atoms with Gasteiger partial charge in [0.15, 0.2) is 0 Å². The maximum absolute atomic E-state index is 5.37. The van der Waals surface area contributed by atoms with Crippen LogP contribution in [0.5, 0.6) is 0 Å². The molecule has 0 bridgehead atoms. The van der Waals surface area contributed by atoms with Gasteiger partial charge < -0.3 is 15.0 Å². The summed E-state index contributed by atoms with van der Waals surface area (Å²) in [7, 11) is 1.81. The number of nitrogens with zero attached hydrogens (tertiary/aromatic N) is 1. The van der Waals surface area contributed by atoms with Gasteiger partial charge in [-0.1, -0.05) is 24.3 Å². The fourth-order valence-electron chi connectivity index (χ4n) is 3.19. The number of hydrogen-bond acceptors (Lipinski definition) is 3. The van der Waals surface area contributed by atoms with Gasteiger partial charge in [0.1, 0.15) is 0 Å². The van der Waals surface area contributed by atoms with Crippen molar-refractivity contribution < 1.29 is 4.74 Å². The molecule has 1 saturated heterocycles. The molecule has 1 aromatic carbocycles. The highest BCUT2D eigenvalue weighted by atomic mass is 16.5. The van der Waals surface area contributed by atoms with Crippen LogP contribution in [0.4, 0.5) is 0 Å². The molecule has 110 valence electrons. The molecule has 0 radical (unpaired) electrons. The Hall–Kier alpha value is -0.900. The van der Waals surface area contributed by atoms with Crippen molar-refractivity contribution in [2.24, 2.45) is 0 Å². The lowest BCUT2D eigenvalue weighted by molar-refractivity contribution is 0.171. The second kappa shape index (κ2) is 6.25. The Balaban J connectivity index is 1.53. The number of piperazine rings is 1. The van der Waals surface area contributed by atoms with Gasteiger partial charge >= 0.3 is 0 Å². The van der Waals surface area contributed by atoms with Crippen LogP contribution in [0.25, 0.3) is 0 Å². The van der Waals surface area contributed by atoms with E-state index in [1.165, 1.54) is 43.6 Å². The van der Waals surface area contributed by atoms with Gasteiger partial charge in [-0.15, -0.1) is 0 Å². The molecule has 0 spiro atoms. The highest BCUT2D eigenvalue weighted by Gasteiger charge is 2.44. The van der Waals surface area contributed by atoms with Crippen molar-refractivity contribution >= 4 is 0 Å². The average molecular weight is 274 g/mol. The third-order valence-corrected chi connectivity index (χ3v) is 4.77. The monoisotopic (exact) mass is 274 g/mol. The molecule has 2 aliphatic rings. The molecule has 0 aromatic heterocycles. The van der Waals surface area contributed by atoms with Crippen molar-refractivity contribution in [1.29, 1.82) is 0 Å². The molecule has 1 N–H and O–H groups in total. The van der Waals surface area contributed by atoms with Crippen LogP contribution < -0.4 is 5.32 Å². The second-order valence-electron chi connectivity index (χ2n) is 6.25. The van der Waals surface area contributed by atoms with E-state index in [-0.39, 0.29) is 0 Å². The Morgan fingerprint density at radius 2 is 1.85 bits per heavy atom. The van der Waals surface area contributed by atoms with Crippen molar-refractivity contribution in [1.82, 2.24) is 10.2 Å². The lowest BCUT2D eigenvalue weighted by atomic mass is 9.95. The van der Waals surface area contributed by atoms with Gasteiger partial charge in [0.25, 0.3) is 0 Å². The zero-order chi connectivity index (χ0) is 13.8. The summed E-state index contributed by atoms with van der Waals surface area (Å²) in [4.78, 5) is 2.55. The Morgan fingerprint density at radius 3 is 2.45 bits per heavy atom. The summed E-state index contributed by atoms with van der Waals surface area (Å²) in [6.45, 7) is 6.71. The van der Waals surface area contributed by atoms with Crippen molar-refractivity contribution in [3.05, 3.63) is 35.4 Å². The van der Waals surface area contributed by atoms with Crippen LogP contribution in [-0.4, -0.2) is 51.3 Å². The number of nitrogens with one attached hydrogen (secondary N) is 1. The number of rotatable bonds is 6. The van der Waals surface area contributed by atoms with Gasteiger partial charge in [-0.3, -0.25) is 0 Å². The van der Waals surface area contributed by atoms with Gasteiger partial charge in [-0.2, -0.15) is 0 Å². The van der Waals surface area contributed by atoms with Gasteiger partial charge in [0, 0.05) is 45.2 Å². The minimum atomic E-state index is 0.339. The van der Waals surface area contributed by atoms with E-state index in [0.717, 1.165) is 26.1 Å². The number of benzene rings is 1. The van der Waals surface area contributed by atoms with E-state index in [1.54, 1.807) is 0 Å². The van der Waals surface area contributed by atoms with Crippen LogP contribution in [0.1, 0.15) is 24.0 Å². The quantitative estimate of drug-likeness (QED) is 0.856. The summed E-state index contributed by atoms with van der Waals surface area (Å²) < 4.78 is 5.37. The fourth-order valence-corrected chi connectivity index (χ4v) is 3.19. The predicted molar refractivity (Wildman–Crippen MR) is 82.2 cm³/mol. The van der Waals surface area contributed by atoms with Gasteiger partial charge in [0.2, 0.25) is 0 Å². The first kappa shape index (κ1) is 14.1. The molecule has 1 aliphatic heterocycles. The van der Waals surface area contributed by atoms with E-state index in [9.17, 15) is 0 Å². The van der Waals surface area contributed by atoms with Crippen LogP contribution in [0, 0.1) is 0 Å². The summed E-state index contributed by atoms with van der Waals surface area (Å²) in [5, 5.41) is 3.40. The highest BCUT2D eigenvalue weighted by Crippen LogP contribution is 2.48. The smallest absolute Gasteiger partial charge is 0.0559 e. The number of hydrogen-bond donors (Lipinski definition) is 1. The lowest BCUT2D eigenvalue weighted by Gasteiger charge is -2.27. The SMILES string of the molecule is COCC1(c2ccc(CCN3CCNCC3)cc2)CC1. The molecule has 1 heterocycles. The van der Waals surface area contributed by atoms with Crippen LogP contribution >= 0.6 is 0 Å². The Morgan fingerprint density at radius 1 is 1.15 bits per heavy atom. The van der Waals surface area contributed by atoms with Gasteiger partial charge in [-0.25, -0.2) is 0 Å². The maximum Gasteiger partial charge on any atom is 0.0559 e. The molecule has 1 aliphatic carbocycles. The summed E-state index contributed by atoms with van der Waals surface area (Å²) >= 11 is 0. The van der Waals surface area contributed by atoms with E-state index < -0.39 is 0 Å². The summed E-state index contributed by atoms with van der Waals surface area (Å²) in [5.41, 5.74) is 3.26. The normalized spacial score (nSPS) is 21.9. The number of ether oxygens (including phenoxy) is 1. The molecule has 0 atom stereocenters. The second-order valence-corrected chi connectivity index (χ2v) is 6.25. The van der Waals surface area contributed by atoms with E-state index in [2.05, 4.69) is 34.5 Å². The molecule has 1 saturated carbocycles. The van der Waals surface area contributed by atoms with E-state index in [4.69, 9.17) is 4.74 Å². The molecular formula is C17H26N2O. The lowest BCUT2D eigenvalue weighted by Crippen LogP contribution is -2.44. The van der Waals surface area contributed by atoms with Crippen molar-refractivity contribution in [3.63, 3.8) is 0 Å². The summed E-state index contributed by atoms with van der Waals surface area (Å²) in [6.07, 6.45) is 3.72. The summed E-state index contributed by atoms with van der Waals surface area (Å²) in [6, 6.07) is 9.26. The fraction of sp³-hybridized carbons (Fsp3) is 0.647. The standard InChI is InChI=1S/C17H26N2O/c1-20-14-17(7-8-17)16-4-2-15(3-5-16)6-11-19-12-9-18-10-13-19/h2-5,18H,6-14H2,1H3. The summed E-state index contributed by atoms with van der Waals surface area (Å²) in [5.74, 6) is 0. The molecule has 0 unspecified atom stereocenters.